The topological polar surface area (TPSA) is 16.4 Å². The molecule has 0 aliphatic heterocycles. The fourth-order valence-electron chi connectivity index (χ4n) is 7.31. The summed E-state index contributed by atoms with van der Waals surface area (Å²) in [7, 11) is 0. The molecule has 1 heterocycles. The van der Waals surface area contributed by atoms with Gasteiger partial charge in [-0.25, -0.2) is 0 Å². The highest BCUT2D eigenvalue weighted by molar-refractivity contribution is 6.07. The monoisotopic (exact) mass is 665 g/mol. The predicted molar refractivity (Wildman–Crippen MR) is 218 cm³/mol. The SMILES string of the molecule is c1ccc(-c2ccc(N(c3ccccc3-c3ccccc3)c3ccccc3-c3oc4ccccc4c3-c3ccccc3-c3ccccc3)cc2)cc1. The molecule has 246 valence electrons. The van der Waals surface area contributed by atoms with Gasteiger partial charge in [-0.3, -0.25) is 0 Å². The molecular weight excluding hydrogens is 631 g/mol. The molecule has 0 bridgehead atoms. The Balaban J connectivity index is 1.30. The molecule has 0 radical (unpaired) electrons. The zero-order valence-electron chi connectivity index (χ0n) is 28.6. The summed E-state index contributed by atoms with van der Waals surface area (Å²) in [5, 5.41) is 1.08. The predicted octanol–water partition coefficient (Wildman–Crippen LogP) is 14.2. The van der Waals surface area contributed by atoms with Gasteiger partial charge in [0.15, 0.2) is 0 Å². The van der Waals surface area contributed by atoms with E-state index in [9.17, 15) is 0 Å². The maximum atomic E-state index is 6.96. The maximum Gasteiger partial charge on any atom is 0.145 e. The summed E-state index contributed by atoms with van der Waals surface area (Å²) in [5.41, 5.74) is 14.2. The molecule has 0 saturated heterocycles. The number of benzene rings is 8. The van der Waals surface area contributed by atoms with E-state index in [0.717, 1.165) is 67.2 Å². The molecule has 1 aromatic heterocycles. The first-order chi connectivity index (χ1) is 25.8. The van der Waals surface area contributed by atoms with Gasteiger partial charge in [-0.15, -0.1) is 0 Å². The fourth-order valence-corrected chi connectivity index (χ4v) is 7.31. The Hall–Kier alpha value is -6.90. The van der Waals surface area contributed by atoms with E-state index >= 15 is 0 Å². The molecule has 9 rings (SSSR count). The third-order valence-corrected chi connectivity index (χ3v) is 9.73. The number of fused-ring (bicyclic) bond motifs is 1. The number of nitrogens with zero attached hydrogens (tertiary/aromatic N) is 1. The second kappa shape index (κ2) is 13.8. The molecule has 0 aliphatic rings. The minimum absolute atomic E-state index is 0.836. The van der Waals surface area contributed by atoms with Crippen LogP contribution in [0.2, 0.25) is 0 Å². The average Bonchev–Trinajstić information content (AvgIpc) is 3.62. The third-order valence-electron chi connectivity index (χ3n) is 9.73. The Kier molecular flexibility index (Phi) is 8.24. The summed E-state index contributed by atoms with van der Waals surface area (Å²) < 4.78 is 6.96. The molecule has 0 atom stereocenters. The molecule has 0 amide bonds. The van der Waals surface area contributed by atoms with Gasteiger partial charge >= 0.3 is 0 Å². The molecule has 0 unspecified atom stereocenters. The van der Waals surface area contributed by atoms with Crippen LogP contribution in [0.1, 0.15) is 0 Å². The van der Waals surface area contributed by atoms with Gasteiger partial charge in [-0.2, -0.15) is 0 Å². The van der Waals surface area contributed by atoms with Gasteiger partial charge in [0.25, 0.3) is 0 Å². The number of furan rings is 1. The van der Waals surface area contributed by atoms with Crippen molar-refractivity contribution in [1.82, 2.24) is 0 Å². The zero-order valence-corrected chi connectivity index (χ0v) is 28.6. The second-order valence-electron chi connectivity index (χ2n) is 12.9. The van der Waals surface area contributed by atoms with Gasteiger partial charge in [0.05, 0.1) is 11.4 Å². The van der Waals surface area contributed by atoms with Crippen LogP contribution in [-0.4, -0.2) is 0 Å². The smallest absolute Gasteiger partial charge is 0.145 e. The van der Waals surface area contributed by atoms with Crippen LogP contribution in [0.5, 0.6) is 0 Å². The van der Waals surface area contributed by atoms with Crippen molar-refractivity contribution in [3.8, 4) is 55.8 Å². The van der Waals surface area contributed by atoms with Gasteiger partial charge in [0.1, 0.15) is 11.3 Å². The van der Waals surface area contributed by atoms with Crippen LogP contribution in [0, 0.1) is 0 Å². The van der Waals surface area contributed by atoms with Gasteiger partial charge in [0, 0.05) is 27.8 Å². The van der Waals surface area contributed by atoms with Crippen molar-refractivity contribution in [2.75, 3.05) is 4.90 Å². The minimum atomic E-state index is 0.836. The molecule has 0 spiro atoms. The van der Waals surface area contributed by atoms with Crippen LogP contribution in [-0.2, 0) is 0 Å². The molecule has 2 nitrogen and oxygen atoms in total. The van der Waals surface area contributed by atoms with Gasteiger partial charge in [-0.05, 0) is 69.8 Å². The number of hydrogen-bond acceptors (Lipinski definition) is 2. The van der Waals surface area contributed by atoms with E-state index in [1.807, 2.05) is 6.07 Å². The van der Waals surface area contributed by atoms with Crippen LogP contribution in [0.15, 0.2) is 217 Å². The molecule has 8 aromatic carbocycles. The number of anilines is 3. The van der Waals surface area contributed by atoms with Crippen molar-refractivity contribution in [3.63, 3.8) is 0 Å². The standard InChI is InChI=1S/C50H35NO/c1-4-18-36(19-5-1)37-32-34-40(35-33-37)51(46-29-15-12-25-42(46)39-22-8-3-9-23-39)47-30-16-13-27-44(47)50-49(45-28-14-17-31-48(45)52-50)43-26-11-10-24-41(43)38-20-6-2-7-21-38/h1-35H. The van der Waals surface area contributed by atoms with E-state index < -0.39 is 0 Å². The third kappa shape index (κ3) is 5.77. The summed E-state index contributed by atoms with van der Waals surface area (Å²) in [4.78, 5) is 2.38. The van der Waals surface area contributed by atoms with E-state index in [1.54, 1.807) is 0 Å². The first kappa shape index (κ1) is 31.1. The molecular formula is C50H35NO. The van der Waals surface area contributed by atoms with Crippen molar-refractivity contribution >= 4 is 28.0 Å². The molecule has 9 aromatic rings. The highest BCUT2D eigenvalue weighted by Gasteiger charge is 2.26. The van der Waals surface area contributed by atoms with Crippen molar-refractivity contribution in [3.05, 3.63) is 212 Å². The number of rotatable bonds is 8. The van der Waals surface area contributed by atoms with E-state index in [2.05, 4.69) is 211 Å². The molecule has 52 heavy (non-hydrogen) atoms. The summed E-state index contributed by atoms with van der Waals surface area (Å²) in [6.07, 6.45) is 0. The number of para-hydroxylation sites is 3. The van der Waals surface area contributed by atoms with Crippen LogP contribution in [0.4, 0.5) is 17.1 Å². The molecule has 0 saturated carbocycles. The van der Waals surface area contributed by atoms with Gasteiger partial charge in [0.2, 0.25) is 0 Å². The fraction of sp³-hybridized carbons (Fsp3) is 0. The Bertz CT molecular complexity index is 2610. The highest BCUT2D eigenvalue weighted by atomic mass is 16.3. The zero-order chi connectivity index (χ0) is 34.7. The summed E-state index contributed by atoms with van der Waals surface area (Å²) >= 11 is 0. The average molecular weight is 666 g/mol. The van der Waals surface area contributed by atoms with E-state index in [-0.39, 0.29) is 0 Å². The summed E-state index contributed by atoms with van der Waals surface area (Å²) in [6.45, 7) is 0. The quantitative estimate of drug-likeness (QED) is 0.161. The molecule has 0 fully saturated rings. The van der Waals surface area contributed by atoms with Crippen LogP contribution in [0.25, 0.3) is 66.8 Å². The van der Waals surface area contributed by atoms with Crippen LogP contribution in [0.3, 0.4) is 0 Å². The lowest BCUT2D eigenvalue weighted by Crippen LogP contribution is -2.12. The van der Waals surface area contributed by atoms with Crippen molar-refractivity contribution in [2.45, 2.75) is 0 Å². The lowest BCUT2D eigenvalue weighted by molar-refractivity contribution is 0.632. The summed E-state index contributed by atoms with van der Waals surface area (Å²) in [6, 6.07) is 75.0. The molecule has 2 heteroatoms. The second-order valence-corrected chi connectivity index (χ2v) is 12.9. The Labute approximate surface area is 304 Å². The first-order valence-corrected chi connectivity index (χ1v) is 17.7. The molecule has 0 N–H and O–H groups in total. The normalized spacial score (nSPS) is 11.1. The van der Waals surface area contributed by atoms with Crippen molar-refractivity contribution in [2.24, 2.45) is 0 Å². The minimum Gasteiger partial charge on any atom is -0.455 e. The van der Waals surface area contributed by atoms with Crippen LogP contribution >= 0.6 is 0 Å². The van der Waals surface area contributed by atoms with E-state index in [1.165, 1.54) is 16.7 Å². The first-order valence-electron chi connectivity index (χ1n) is 17.7. The largest absolute Gasteiger partial charge is 0.455 e. The maximum absolute atomic E-state index is 6.96. The Morgan fingerprint density at radius 3 is 1.40 bits per heavy atom. The van der Waals surface area contributed by atoms with Crippen molar-refractivity contribution < 1.29 is 4.42 Å². The highest BCUT2D eigenvalue weighted by Crippen LogP contribution is 2.50. The van der Waals surface area contributed by atoms with E-state index in [0.29, 0.717) is 0 Å². The lowest BCUT2D eigenvalue weighted by Gasteiger charge is -2.29. The Morgan fingerprint density at radius 1 is 0.308 bits per heavy atom. The summed E-state index contributed by atoms with van der Waals surface area (Å²) in [5.74, 6) is 0.836. The van der Waals surface area contributed by atoms with Crippen molar-refractivity contribution in [1.29, 1.82) is 0 Å². The van der Waals surface area contributed by atoms with E-state index in [4.69, 9.17) is 4.42 Å². The van der Waals surface area contributed by atoms with Crippen LogP contribution < -0.4 is 4.90 Å². The van der Waals surface area contributed by atoms with Gasteiger partial charge in [-0.1, -0.05) is 176 Å². The van der Waals surface area contributed by atoms with Gasteiger partial charge < -0.3 is 9.32 Å². The molecule has 0 aliphatic carbocycles. The number of hydrogen-bond donors (Lipinski definition) is 0. The lowest BCUT2D eigenvalue weighted by atomic mass is 9.91. The Morgan fingerprint density at radius 2 is 0.750 bits per heavy atom.